The first-order valence-corrected chi connectivity index (χ1v) is 15.1. The van der Waals surface area contributed by atoms with E-state index in [0.717, 1.165) is 18.9 Å². The van der Waals surface area contributed by atoms with E-state index >= 15 is 0 Å². The number of hydrogen-bond acceptors (Lipinski definition) is 8. The minimum absolute atomic E-state index is 0.0166. The molecule has 0 bridgehead atoms. The van der Waals surface area contributed by atoms with Crippen molar-refractivity contribution in [2.45, 2.75) is 50.6 Å². The highest BCUT2D eigenvalue weighted by Gasteiger charge is 2.67. The Kier molecular flexibility index (Phi) is 7.95. The summed E-state index contributed by atoms with van der Waals surface area (Å²) in [5.41, 5.74) is 2.36. The van der Waals surface area contributed by atoms with Crippen LogP contribution in [0.4, 0.5) is 37.7 Å². The maximum Gasteiger partial charge on any atom is 0.413 e. The summed E-state index contributed by atoms with van der Waals surface area (Å²) in [5, 5.41) is 18.1. The lowest BCUT2D eigenvalue weighted by Crippen LogP contribution is -2.52. The van der Waals surface area contributed by atoms with E-state index in [0.29, 0.717) is 22.0 Å². The molecule has 2 aliphatic rings. The molecule has 1 saturated carbocycles. The van der Waals surface area contributed by atoms with Crippen LogP contribution in [0.3, 0.4) is 0 Å². The number of aryl methyl sites for hydroxylation is 1. The Labute approximate surface area is 275 Å². The number of pyridine rings is 2. The van der Waals surface area contributed by atoms with Crippen molar-refractivity contribution in [2.24, 2.45) is 12.5 Å². The Bertz CT molecular complexity index is 2060. The molecule has 0 unspecified atom stereocenters. The molecule has 16 heteroatoms. The highest BCUT2D eigenvalue weighted by molar-refractivity contribution is 6.35. The van der Waals surface area contributed by atoms with Gasteiger partial charge in [0.1, 0.15) is 6.07 Å². The van der Waals surface area contributed by atoms with Crippen LogP contribution < -0.4 is 27.2 Å². The van der Waals surface area contributed by atoms with E-state index in [9.17, 15) is 36.4 Å². The summed E-state index contributed by atoms with van der Waals surface area (Å²) in [7, 11) is 1.60. The molecular weight excluding hydrogens is 662 g/mol. The second-order valence-corrected chi connectivity index (χ2v) is 13.0. The molecule has 1 atom stereocenters. The maximum absolute atomic E-state index is 14.0. The van der Waals surface area contributed by atoms with E-state index in [4.69, 9.17) is 11.6 Å². The second-order valence-electron chi connectivity index (χ2n) is 12.6. The van der Waals surface area contributed by atoms with Gasteiger partial charge in [-0.1, -0.05) is 23.7 Å². The first-order chi connectivity index (χ1) is 22.5. The van der Waals surface area contributed by atoms with E-state index in [2.05, 4.69) is 26.6 Å². The quantitative estimate of drug-likeness (QED) is 0.146. The van der Waals surface area contributed by atoms with E-state index in [1.807, 2.05) is 6.07 Å². The summed E-state index contributed by atoms with van der Waals surface area (Å²) in [6.07, 6.45) is -5.14. The Morgan fingerprint density at radius 3 is 2.48 bits per heavy atom. The van der Waals surface area contributed by atoms with Crippen molar-refractivity contribution in [1.82, 2.24) is 25.5 Å². The van der Waals surface area contributed by atoms with Crippen LogP contribution in [0.2, 0.25) is 5.02 Å². The fourth-order valence-corrected chi connectivity index (χ4v) is 5.92. The van der Waals surface area contributed by atoms with Crippen LogP contribution in [-0.4, -0.2) is 39.0 Å². The van der Waals surface area contributed by atoms with Gasteiger partial charge in [0.25, 0.3) is 5.56 Å². The summed E-state index contributed by atoms with van der Waals surface area (Å²) in [5.74, 6) is 0. The van der Waals surface area contributed by atoms with Crippen LogP contribution in [0, 0.1) is 16.7 Å². The number of hydrazine groups is 2. The van der Waals surface area contributed by atoms with Crippen molar-refractivity contribution in [2.75, 3.05) is 17.2 Å². The summed E-state index contributed by atoms with van der Waals surface area (Å²) in [6, 6.07) is 10.9. The largest absolute Gasteiger partial charge is 0.413 e. The summed E-state index contributed by atoms with van der Waals surface area (Å²) in [4.78, 5) is 17.3. The van der Waals surface area contributed by atoms with Gasteiger partial charge in [0.15, 0.2) is 5.54 Å². The lowest BCUT2D eigenvalue weighted by atomic mass is 9.92. The van der Waals surface area contributed by atoms with Gasteiger partial charge in [-0.25, -0.2) is 0 Å². The number of alkyl halides is 6. The third kappa shape index (κ3) is 5.62. The number of fused-ring (bicyclic) bond motifs is 2. The van der Waals surface area contributed by atoms with Crippen molar-refractivity contribution in [1.29, 1.82) is 5.26 Å². The number of hydrogen-bond donors (Lipinski definition) is 4. The lowest BCUT2D eigenvalue weighted by molar-refractivity contribution is -0.206. The number of halogens is 7. The molecule has 0 spiro atoms. The van der Waals surface area contributed by atoms with E-state index in [-0.39, 0.29) is 51.3 Å². The predicted molar refractivity (Wildman–Crippen MR) is 170 cm³/mol. The molecule has 4 N–H and O–H groups in total. The molecule has 3 heterocycles. The van der Waals surface area contributed by atoms with Crippen molar-refractivity contribution in [3.63, 3.8) is 0 Å². The SMILES string of the molecule is Cn1ccc2c([C@H](Nc3cc(Cl)c4ncc(C#N)c(NCC(C)(C)C(F)(F)F)c4c3)C3=CN(C4(C(F)(F)F)CC4)NN3)cccc2c1=O. The predicted octanol–water partition coefficient (Wildman–Crippen LogP) is 7.03. The number of benzene rings is 2. The average Bonchev–Trinajstić information content (AvgIpc) is 3.71. The zero-order valence-corrected chi connectivity index (χ0v) is 26.5. The van der Waals surface area contributed by atoms with Crippen molar-refractivity contribution in [3.05, 3.63) is 87.2 Å². The highest BCUT2D eigenvalue weighted by Crippen LogP contribution is 2.54. The van der Waals surface area contributed by atoms with Crippen LogP contribution in [0.15, 0.2) is 65.5 Å². The van der Waals surface area contributed by atoms with Gasteiger partial charge in [-0.05, 0) is 61.9 Å². The average molecular weight is 691 g/mol. The Morgan fingerprint density at radius 2 is 1.83 bits per heavy atom. The zero-order chi connectivity index (χ0) is 34.8. The van der Waals surface area contributed by atoms with Gasteiger partial charge in [0.05, 0.1) is 38.9 Å². The smallest absolute Gasteiger partial charge is 0.382 e. The fraction of sp³-hybridized carbons (Fsp3) is 0.344. The van der Waals surface area contributed by atoms with Gasteiger partial charge in [0.2, 0.25) is 0 Å². The van der Waals surface area contributed by atoms with Crippen molar-refractivity contribution in [3.8, 4) is 6.07 Å². The molecule has 4 aromatic rings. The van der Waals surface area contributed by atoms with Crippen LogP contribution in [-0.2, 0) is 7.05 Å². The molecule has 1 aliphatic heterocycles. The number of nitrogens with zero attached hydrogens (tertiary/aromatic N) is 4. The summed E-state index contributed by atoms with van der Waals surface area (Å²) in [6.45, 7) is 1.50. The van der Waals surface area contributed by atoms with E-state index in [1.54, 1.807) is 43.6 Å². The molecule has 1 fully saturated rings. The first kappa shape index (κ1) is 33.2. The van der Waals surface area contributed by atoms with Crippen molar-refractivity contribution < 1.29 is 26.3 Å². The normalized spacial score (nSPS) is 16.8. The monoisotopic (exact) mass is 690 g/mol. The molecule has 0 amide bonds. The topological polar surface area (TPSA) is 110 Å². The minimum atomic E-state index is -4.54. The van der Waals surface area contributed by atoms with E-state index < -0.39 is 35.9 Å². The standard InChI is InChI=1S/C32H29ClF6N8O/c1-29(2,31(34,35)36)16-42-25-17(13-40)14-41-26-22(25)11-18(12-23(26)33)43-27(20-5-4-6-21-19(20)7-10-46(3)28(21)48)24-15-47(45-44-24)30(8-9-30)32(37,38)39/h4-7,10-12,14-15,27,43-45H,8-9,16H2,1-3H3,(H,41,42)/t27-/m0/s1. The van der Waals surface area contributed by atoms with Gasteiger partial charge in [-0.2, -0.15) is 31.6 Å². The van der Waals surface area contributed by atoms with Gasteiger partial charge < -0.3 is 20.6 Å². The first-order valence-electron chi connectivity index (χ1n) is 14.7. The molecule has 252 valence electrons. The number of rotatable bonds is 8. The van der Waals surface area contributed by atoms with E-state index in [1.165, 1.54) is 23.0 Å². The molecule has 0 radical (unpaired) electrons. The number of nitriles is 1. The lowest BCUT2D eigenvalue weighted by Gasteiger charge is -2.29. The van der Waals surface area contributed by atoms with Crippen LogP contribution in [0.5, 0.6) is 0 Å². The number of anilines is 2. The number of aromatic nitrogens is 2. The molecule has 6 rings (SSSR count). The molecule has 0 saturated heterocycles. The van der Waals surface area contributed by atoms with Crippen LogP contribution in [0.25, 0.3) is 21.7 Å². The summed E-state index contributed by atoms with van der Waals surface area (Å²) < 4.78 is 84.6. The van der Waals surface area contributed by atoms with Gasteiger partial charge >= 0.3 is 12.4 Å². The van der Waals surface area contributed by atoms with Gasteiger partial charge in [-0.15, -0.1) is 5.53 Å². The molecule has 2 aromatic heterocycles. The number of nitrogens with one attached hydrogen (secondary N) is 4. The summed E-state index contributed by atoms with van der Waals surface area (Å²) >= 11 is 6.64. The second kappa shape index (κ2) is 11.5. The third-order valence-corrected chi connectivity index (χ3v) is 9.20. The molecule has 9 nitrogen and oxygen atoms in total. The zero-order valence-electron chi connectivity index (χ0n) is 25.7. The molecule has 48 heavy (non-hydrogen) atoms. The Morgan fingerprint density at radius 1 is 1.10 bits per heavy atom. The highest BCUT2D eigenvalue weighted by atomic mass is 35.5. The molecular formula is C32H29ClF6N8O. The molecule has 2 aromatic carbocycles. The maximum atomic E-state index is 14.0. The van der Waals surface area contributed by atoms with Crippen LogP contribution in [0.1, 0.15) is 43.9 Å². The Hall–Kier alpha value is -4.68. The fourth-order valence-electron chi connectivity index (χ4n) is 5.65. The Balaban J connectivity index is 1.48. The molecule has 1 aliphatic carbocycles. The van der Waals surface area contributed by atoms with Gasteiger partial charge in [-0.3, -0.25) is 14.8 Å². The third-order valence-electron chi connectivity index (χ3n) is 8.91. The minimum Gasteiger partial charge on any atom is -0.382 e. The van der Waals surface area contributed by atoms with Crippen molar-refractivity contribution >= 4 is 44.7 Å². The van der Waals surface area contributed by atoms with Gasteiger partial charge in [0, 0.05) is 48.6 Å². The van der Waals surface area contributed by atoms with Crippen LogP contribution >= 0.6 is 11.6 Å².